The normalized spacial score (nSPS) is 12.2. The van der Waals surface area contributed by atoms with Crippen LogP contribution in [0, 0.1) is 10.8 Å². The molecule has 0 radical (unpaired) electrons. The molecule has 0 aromatic heterocycles. The fraction of sp³-hybridized carbons (Fsp3) is 0.533. The first kappa shape index (κ1) is 17.3. The highest BCUT2D eigenvalue weighted by Gasteiger charge is 2.33. The van der Waals surface area contributed by atoms with E-state index >= 15 is 0 Å². The van der Waals surface area contributed by atoms with E-state index in [1.54, 1.807) is 0 Å². The Morgan fingerprint density at radius 2 is 1.81 bits per heavy atom. The van der Waals surface area contributed by atoms with E-state index in [-0.39, 0.29) is 23.6 Å². The van der Waals surface area contributed by atoms with Gasteiger partial charge in [0.2, 0.25) is 0 Å². The number of nitrogens with one attached hydrogen (secondary N) is 1. The van der Waals surface area contributed by atoms with Gasteiger partial charge in [0.15, 0.2) is 0 Å². The van der Waals surface area contributed by atoms with Crippen molar-refractivity contribution in [1.29, 1.82) is 5.41 Å². The summed E-state index contributed by atoms with van der Waals surface area (Å²) in [4.78, 5) is 0. The topological polar surface area (TPSA) is 59.1 Å². The Bertz CT molecular complexity index is 484. The van der Waals surface area contributed by atoms with Gasteiger partial charge in [0.1, 0.15) is 5.75 Å². The molecule has 3 N–H and O–H groups in total. The minimum absolute atomic E-state index is 0.117. The third-order valence-corrected chi connectivity index (χ3v) is 3.38. The predicted molar refractivity (Wildman–Crippen MR) is 76.5 cm³/mol. The van der Waals surface area contributed by atoms with Gasteiger partial charge in [-0.3, -0.25) is 5.41 Å². The molecule has 0 fully saturated rings. The lowest BCUT2D eigenvalue weighted by molar-refractivity contribution is -0.138. The van der Waals surface area contributed by atoms with Crippen LogP contribution in [0.4, 0.5) is 13.2 Å². The van der Waals surface area contributed by atoms with Crippen molar-refractivity contribution in [1.82, 2.24) is 0 Å². The standard InChI is InChI=1S/C15H21F3N2O/c1-14(2,13(19)20)9-5-6-10-21-12-8-4-3-7-11(12)15(16,17)18/h3-4,7-8H,5-6,9-10H2,1-2H3,(H3,19,20). The van der Waals surface area contributed by atoms with Gasteiger partial charge in [0, 0.05) is 5.41 Å². The van der Waals surface area contributed by atoms with Crippen molar-refractivity contribution in [2.75, 3.05) is 6.61 Å². The summed E-state index contributed by atoms with van der Waals surface area (Å²) in [7, 11) is 0. The lowest BCUT2D eigenvalue weighted by atomic mass is 9.86. The second kappa shape index (κ2) is 6.83. The molecule has 118 valence electrons. The molecule has 0 aliphatic heterocycles. The highest BCUT2D eigenvalue weighted by atomic mass is 19.4. The fourth-order valence-corrected chi connectivity index (χ4v) is 1.81. The van der Waals surface area contributed by atoms with Crippen LogP contribution in [-0.4, -0.2) is 12.4 Å². The van der Waals surface area contributed by atoms with Crippen LogP contribution >= 0.6 is 0 Å². The average molecular weight is 302 g/mol. The van der Waals surface area contributed by atoms with Crippen molar-refractivity contribution in [2.45, 2.75) is 39.3 Å². The number of amidine groups is 1. The van der Waals surface area contributed by atoms with Gasteiger partial charge in [0.05, 0.1) is 18.0 Å². The van der Waals surface area contributed by atoms with E-state index in [1.165, 1.54) is 18.2 Å². The number of benzene rings is 1. The molecule has 0 heterocycles. The van der Waals surface area contributed by atoms with Gasteiger partial charge < -0.3 is 10.5 Å². The molecule has 3 nitrogen and oxygen atoms in total. The van der Waals surface area contributed by atoms with Crippen molar-refractivity contribution in [3.05, 3.63) is 29.8 Å². The molecule has 0 atom stereocenters. The van der Waals surface area contributed by atoms with Crippen LogP contribution in [0.1, 0.15) is 38.7 Å². The van der Waals surface area contributed by atoms with E-state index in [1.807, 2.05) is 13.8 Å². The predicted octanol–water partition coefficient (Wildman–Crippen LogP) is 4.22. The number of alkyl halides is 3. The number of rotatable bonds is 7. The third kappa shape index (κ3) is 5.28. The molecule has 0 bridgehead atoms. The maximum atomic E-state index is 12.8. The Labute approximate surface area is 122 Å². The second-order valence-corrected chi connectivity index (χ2v) is 5.60. The van der Waals surface area contributed by atoms with Crippen LogP contribution in [0.3, 0.4) is 0 Å². The van der Waals surface area contributed by atoms with E-state index in [2.05, 4.69) is 0 Å². The summed E-state index contributed by atoms with van der Waals surface area (Å²) in [5.74, 6) is -0.0262. The third-order valence-electron chi connectivity index (χ3n) is 3.38. The summed E-state index contributed by atoms with van der Waals surface area (Å²) in [6.07, 6.45) is -2.36. The number of nitrogens with two attached hydrogens (primary N) is 1. The fourth-order valence-electron chi connectivity index (χ4n) is 1.81. The summed E-state index contributed by atoms with van der Waals surface area (Å²) in [6.45, 7) is 3.95. The van der Waals surface area contributed by atoms with Crippen molar-refractivity contribution in [2.24, 2.45) is 11.1 Å². The highest BCUT2D eigenvalue weighted by Crippen LogP contribution is 2.36. The van der Waals surface area contributed by atoms with Crippen LogP contribution in [0.2, 0.25) is 0 Å². The molecule has 1 aromatic rings. The zero-order chi connectivity index (χ0) is 16.1. The Hall–Kier alpha value is -1.72. The quantitative estimate of drug-likeness (QED) is 0.450. The maximum absolute atomic E-state index is 12.8. The van der Waals surface area contributed by atoms with Gasteiger partial charge in [-0.05, 0) is 31.4 Å². The van der Waals surface area contributed by atoms with Crippen molar-refractivity contribution in [3.63, 3.8) is 0 Å². The minimum atomic E-state index is -4.41. The first-order valence-electron chi connectivity index (χ1n) is 6.78. The van der Waals surface area contributed by atoms with Gasteiger partial charge in [-0.1, -0.05) is 26.0 Å². The monoisotopic (exact) mass is 302 g/mol. The Morgan fingerprint density at radius 3 is 2.38 bits per heavy atom. The molecule has 6 heteroatoms. The number of halogens is 3. The molecule has 0 saturated heterocycles. The van der Waals surface area contributed by atoms with Crippen LogP contribution < -0.4 is 10.5 Å². The summed E-state index contributed by atoms with van der Waals surface area (Å²) in [5.41, 5.74) is 4.33. The molecule has 0 unspecified atom stereocenters. The first-order chi connectivity index (χ1) is 9.64. The molecule has 1 aromatic carbocycles. The smallest absolute Gasteiger partial charge is 0.419 e. The molecule has 0 aliphatic rings. The highest BCUT2D eigenvalue weighted by molar-refractivity contribution is 5.82. The first-order valence-corrected chi connectivity index (χ1v) is 6.78. The van der Waals surface area contributed by atoms with Gasteiger partial charge in [-0.15, -0.1) is 0 Å². The summed E-state index contributed by atoms with van der Waals surface area (Å²) >= 11 is 0. The summed E-state index contributed by atoms with van der Waals surface area (Å²) < 4.78 is 43.5. The molecule has 21 heavy (non-hydrogen) atoms. The van der Waals surface area contributed by atoms with Crippen molar-refractivity contribution >= 4 is 5.84 Å². The van der Waals surface area contributed by atoms with E-state index in [4.69, 9.17) is 15.9 Å². The number of hydrogen-bond acceptors (Lipinski definition) is 2. The second-order valence-electron chi connectivity index (χ2n) is 5.60. The lowest BCUT2D eigenvalue weighted by Crippen LogP contribution is -2.30. The van der Waals surface area contributed by atoms with Crippen molar-refractivity contribution in [3.8, 4) is 5.75 Å². The number of unbranched alkanes of at least 4 members (excludes halogenated alkanes) is 1. The molecule has 0 aliphatic carbocycles. The zero-order valence-corrected chi connectivity index (χ0v) is 12.3. The minimum Gasteiger partial charge on any atom is -0.493 e. The Balaban J connectivity index is 2.46. The van der Waals surface area contributed by atoms with Gasteiger partial charge >= 0.3 is 6.18 Å². The Morgan fingerprint density at radius 1 is 1.19 bits per heavy atom. The molecule has 0 spiro atoms. The van der Waals surface area contributed by atoms with Crippen LogP contribution in [0.25, 0.3) is 0 Å². The molecular formula is C15H21F3N2O. The molecule has 1 rings (SSSR count). The van der Waals surface area contributed by atoms with Gasteiger partial charge in [-0.2, -0.15) is 13.2 Å². The molecule has 0 amide bonds. The molecular weight excluding hydrogens is 281 g/mol. The van der Waals surface area contributed by atoms with Gasteiger partial charge in [-0.25, -0.2) is 0 Å². The van der Waals surface area contributed by atoms with Crippen molar-refractivity contribution < 1.29 is 17.9 Å². The van der Waals surface area contributed by atoms with E-state index in [0.717, 1.165) is 12.5 Å². The Kier molecular flexibility index (Phi) is 5.63. The van der Waals surface area contributed by atoms with Gasteiger partial charge in [0.25, 0.3) is 0 Å². The number of ether oxygens (including phenoxy) is 1. The summed E-state index contributed by atoms with van der Waals surface area (Å²) in [5, 5.41) is 7.43. The van der Waals surface area contributed by atoms with Crippen LogP contribution in [0.5, 0.6) is 5.75 Å². The van der Waals surface area contributed by atoms with Crippen LogP contribution in [0.15, 0.2) is 24.3 Å². The SMILES string of the molecule is CC(C)(CCCCOc1ccccc1C(F)(F)F)C(=N)N. The van der Waals surface area contributed by atoms with Crippen LogP contribution in [-0.2, 0) is 6.18 Å². The summed E-state index contributed by atoms with van der Waals surface area (Å²) in [6, 6.07) is 5.19. The number of para-hydroxylation sites is 1. The van der Waals surface area contributed by atoms with E-state index < -0.39 is 11.7 Å². The average Bonchev–Trinajstić information content (AvgIpc) is 2.37. The number of hydrogen-bond donors (Lipinski definition) is 2. The lowest BCUT2D eigenvalue weighted by Gasteiger charge is -2.22. The van der Waals surface area contributed by atoms with E-state index in [9.17, 15) is 13.2 Å². The molecule has 0 saturated carbocycles. The largest absolute Gasteiger partial charge is 0.493 e. The zero-order valence-electron chi connectivity index (χ0n) is 12.3. The van der Waals surface area contributed by atoms with E-state index in [0.29, 0.717) is 12.8 Å². The maximum Gasteiger partial charge on any atom is 0.419 e.